The number of guanidine groups is 1. The second kappa shape index (κ2) is 10.7. The fourth-order valence-corrected chi connectivity index (χ4v) is 2.54. The van der Waals surface area contributed by atoms with Crippen LogP contribution >= 0.6 is 24.0 Å². The molecule has 0 aromatic carbocycles. The maximum absolute atomic E-state index is 4.32. The Morgan fingerprint density at radius 2 is 2.00 bits per heavy atom. The number of nitrogens with one attached hydrogen (secondary N) is 2. The van der Waals surface area contributed by atoms with E-state index in [9.17, 15) is 0 Å². The van der Waals surface area contributed by atoms with Crippen molar-refractivity contribution in [1.29, 1.82) is 0 Å². The molecule has 4 nitrogen and oxygen atoms in total. The fraction of sp³-hybridized carbons (Fsp3) is 0.933. The average Bonchev–Trinajstić information content (AvgIpc) is 2.77. The van der Waals surface area contributed by atoms with Gasteiger partial charge in [-0.05, 0) is 52.1 Å². The Labute approximate surface area is 142 Å². The van der Waals surface area contributed by atoms with Gasteiger partial charge in [-0.1, -0.05) is 13.8 Å². The van der Waals surface area contributed by atoms with Crippen molar-refractivity contribution in [3.05, 3.63) is 0 Å². The van der Waals surface area contributed by atoms with Gasteiger partial charge in [0.25, 0.3) is 0 Å². The molecule has 1 saturated heterocycles. The Morgan fingerprint density at radius 1 is 1.30 bits per heavy atom. The quantitative estimate of drug-likeness (QED) is 0.412. The van der Waals surface area contributed by atoms with Gasteiger partial charge in [0, 0.05) is 25.7 Å². The minimum absolute atomic E-state index is 0. The summed E-state index contributed by atoms with van der Waals surface area (Å²) in [4.78, 5) is 6.75. The summed E-state index contributed by atoms with van der Waals surface area (Å²) in [5.41, 5.74) is 0. The van der Waals surface area contributed by atoms with Crippen LogP contribution in [0.25, 0.3) is 0 Å². The molecule has 0 bridgehead atoms. The summed E-state index contributed by atoms with van der Waals surface area (Å²) in [6, 6.07) is 1.14. The Balaban J connectivity index is 0.00000361. The second-order valence-electron chi connectivity index (χ2n) is 6.25. The standard InChI is InChI=1S/C15H32N4.HI/c1-12(2)8-9-13(3)18-15(16-4)17-11-14-7-6-10-19(14)5;/h12-14H,6-11H2,1-5H3,(H2,16,17,18);1H. The van der Waals surface area contributed by atoms with Crippen molar-refractivity contribution in [3.8, 4) is 0 Å². The van der Waals surface area contributed by atoms with Crippen molar-refractivity contribution in [2.24, 2.45) is 10.9 Å². The lowest BCUT2D eigenvalue weighted by Crippen LogP contribution is -2.46. The van der Waals surface area contributed by atoms with Crippen molar-refractivity contribution < 1.29 is 0 Å². The maximum atomic E-state index is 4.32. The Kier molecular flexibility index (Phi) is 10.6. The highest BCUT2D eigenvalue weighted by Crippen LogP contribution is 2.13. The molecule has 2 N–H and O–H groups in total. The molecule has 1 aliphatic heterocycles. The van der Waals surface area contributed by atoms with Crippen LogP contribution in [-0.4, -0.2) is 50.1 Å². The first-order valence-electron chi connectivity index (χ1n) is 7.70. The van der Waals surface area contributed by atoms with Crippen LogP contribution in [0.3, 0.4) is 0 Å². The highest BCUT2D eigenvalue weighted by Gasteiger charge is 2.20. The Morgan fingerprint density at radius 3 is 2.50 bits per heavy atom. The summed E-state index contributed by atoms with van der Waals surface area (Å²) in [6.45, 7) is 9.00. The first-order chi connectivity index (χ1) is 9.02. The summed E-state index contributed by atoms with van der Waals surface area (Å²) in [5.74, 6) is 1.71. The molecule has 0 aromatic heterocycles. The number of hydrogen-bond acceptors (Lipinski definition) is 2. The molecule has 0 saturated carbocycles. The second-order valence-corrected chi connectivity index (χ2v) is 6.25. The SMILES string of the molecule is CN=C(NCC1CCCN1C)NC(C)CCC(C)C.I. The van der Waals surface area contributed by atoms with Crippen molar-refractivity contribution >= 4 is 29.9 Å². The van der Waals surface area contributed by atoms with Crippen LogP contribution in [0.15, 0.2) is 4.99 Å². The zero-order valence-corrected chi connectivity index (χ0v) is 16.1. The van der Waals surface area contributed by atoms with Crippen LogP contribution in [0.2, 0.25) is 0 Å². The summed E-state index contributed by atoms with van der Waals surface area (Å²) >= 11 is 0. The largest absolute Gasteiger partial charge is 0.355 e. The molecule has 120 valence electrons. The number of likely N-dealkylation sites (tertiary alicyclic amines) is 1. The van der Waals surface area contributed by atoms with E-state index in [0.717, 1.165) is 18.4 Å². The van der Waals surface area contributed by atoms with Crippen LogP contribution in [0.1, 0.15) is 46.5 Å². The van der Waals surface area contributed by atoms with Gasteiger partial charge in [-0.3, -0.25) is 4.99 Å². The van der Waals surface area contributed by atoms with Gasteiger partial charge in [-0.25, -0.2) is 0 Å². The van der Waals surface area contributed by atoms with E-state index in [1.807, 2.05) is 7.05 Å². The maximum Gasteiger partial charge on any atom is 0.191 e. The molecule has 0 aromatic rings. The van der Waals surface area contributed by atoms with E-state index in [2.05, 4.69) is 48.3 Å². The van der Waals surface area contributed by atoms with Crippen LogP contribution in [-0.2, 0) is 0 Å². The molecule has 0 radical (unpaired) electrons. The smallest absolute Gasteiger partial charge is 0.191 e. The van der Waals surface area contributed by atoms with Gasteiger partial charge in [-0.2, -0.15) is 0 Å². The van der Waals surface area contributed by atoms with E-state index in [1.54, 1.807) is 0 Å². The van der Waals surface area contributed by atoms with E-state index in [-0.39, 0.29) is 24.0 Å². The summed E-state index contributed by atoms with van der Waals surface area (Å²) in [6.07, 6.45) is 5.07. The number of nitrogens with zero attached hydrogens (tertiary/aromatic N) is 2. The highest BCUT2D eigenvalue weighted by molar-refractivity contribution is 14.0. The van der Waals surface area contributed by atoms with Gasteiger partial charge >= 0.3 is 0 Å². The molecule has 2 atom stereocenters. The molecule has 1 rings (SSSR count). The Bertz CT molecular complexity index is 281. The number of halogens is 1. The lowest BCUT2D eigenvalue weighted by molar-refractivity contribution is 0.309. The molecule has 0 spiro atoms. The minimum atomic E-state index is 0. The molecule has 1 heterocycles. The van der Waals surface area contributed by atoms with Gasteiger partial charge < -0.3 is 15.5 Å². The molecule has 2 unspecified atom stereocenters. The predicted molar refractivity (Wildman–Crippen MR) is 99.1 cm³/mol. The van der Waals surface area contributed by atoms with Crippen molar-refractivity contribution in [3.63, 3.8) is 0 Å². The fourth-order valence-electron chi connectivity index (χ4n) is 2.54. The van der Waals surface area contributed by atoms with E-state index < -0.39 is 0 Å². The highest BCUT2D eigenvalue weighted by atomic mass is 127. The lowest BCUT2D eigenvalue weighted by Gasteiger charge is -2.23. The van der Waals surface area contributed by atoms with Gasteiger partial charge in [0.15, 0.2) is 5.96 Å². The molecular weight excluding hydrogens is 363 g/mol. The molecule has 0 aliphatic carbocycles. The lowest BCUT2D eigenvalue weighted by atomic mass is 10.0. The average molecular weight is 396 g/mol. The van der Waals surface area contributed by atoms with Crippen molar-refractivity contribution in [2.75, 3.05) is 27.2 Å². The topological polar surface area (TPSA) is 39.7 Å². The van der Waals surface area contributed by atoms with Crippen LogP contribution in [0.5, 0.6) is 0 Å². The molecule has 1 aliphatic rings. The third kappa shape index (κ3) is 7.67. The van der Waals surface area contributed by atoms with E-state index in [1.165, 1.54) is 32.2 Å². The molecular formula is C15H33IN4. The van der Waals surface area contributed by atoms with Crippen molar-refractivity contribution in [1.82, 2.24) is 15.5 Å². The zero-order chi connectivity index (χ0) is 14.3. The molecule has 1 fully saturated rings. The predicted octanol–water partition coefficient (Wildman–Crippen LogP) is 2.69. The number of rotatable bonds is 6. The summed E-state index contributed by atoms with van der Waals surface area (Å²) in [5, 5.41) is 6.94. The third-order valence-corrected chi connectivity index (χ3v) is 3.96. The van der Waals surface area contributed by atoms with Gasteiger partial charge in [0.1, 0.15) is 0 Å². The molecule has 20 heavy (non-hydrogen) atoms. The Hall–Kier alpha value is -0.0400. The van der Waals surface area contributed by atoms with Gasteiger partial charge in [0.05, 0.1) is 0 Å². The first-order valence-corrected chi connectivity index (χ1v) is 7.70. The first kappa shape index (κ1) is 20.0. The molecule has 0 amide bonds. The number of hydrogen-bond donors (Lipinski definition) is 2. The van der Waals surface area contributed by atoms with Crippen LogP contribution in [0, 0.1) is 5.92 Å². The van der Waals surface area contributed by atoms with Crippen LogP contribution in [0.4, 0.5) is 0 Å². The monoisotopic (exact) mass is 396 g/mol. The zero-order valence-electron chi connectivity index (χ0n) is 13.8. The number of likely N-dealkylation sites (N-methyl/N-ethyl adjacent to an activating group) is 1. The number of aliphatic imine (C=N–C) groups is 1. The van der Waals surface area contributed by atoms with E-state index >= 15 is 0 Å². The van der Waals surface area contributed by atoms with Gasteiger partial charge in [0.2, 0.25) is 0 Å². The van der Waals surface area contributed by atoms with Crippen molar-refractivity contribution in [2.45, 2.75) is 58.5 Å². The van der Waals surface area contributed by atoms with Gasteiger partial charge in [-0.15, -0.1) is 24.0 Å². The normalized spacial score (nSPS) is 21.7. The minimum Gasteiger partial charge on any atom is -0.355 e. The summed E-state index contributed by atoms with van der Waals surface area (Å²) < 4.78 is 0. The summed E-state index contributed by atoms with van der Waals surface area (Å²) in [7, 11) is 4.06. The molecule has 5 heteroatoms. The van der Waals surface area contributed by atoms with E-state index in [0.29, 0.717) is 12.1 Å². The van der Waals surface area contributed by atoms with Crippen LogP contribution < -0.4 is 10.6 Å². The third-order valence-electron chi connectivity index (χ3n) is 3.96. The van der Waals surface area contributed by atoms with E-state index in [4.69, 9.17) is 0 Å².